The molecule has 0 amide bonds. The van der Waals surface area contributed by atoms with Gasteiger partial charge in [0.15, 0.2) is 0 Å². The fraction of sp³-hybridized carbons (Fsp3) is 0.333. The van der Waals surface area contributed by atoms with Crippen LogP contribution in [0.1, 0.15) is 27.7 Å². The first kappa shape index (κ1) is 16.8. The van der Waals surface area contributed by atoms with E-state index in [-0.39, 0.29) is 0 Å². The molecule has 0 aliphatic heterocycles. The summed E-state index contributed by atoms with van der Waals surface area (Å²) >= 11 is 0. The standard InChI is InChI=1S/C18H23BO3/c1-17(2,20)18(3,4)22-19(21)16-13-9-8-12-15(16)14-10-6-5-7-11-14/h5-13,20-21H,1-4H3. The maximum Gasteiger partial charge on any atom is 0.492 e. The Kier molecular flexibility index (Phi) is 4.76. The van der Waals surface area contributed by atoms with Gasteiger partial charge in [0.1, 0.15) is 0 Å². The summed E-state index contributed by atoms with van der Waals surface area (Å²) in [6, 6.07) is 17.4. The van der Waals surface area contributed by atoms with Crippen LogP contribution in [0.3, 0.4) is 0 Å². The van der Waals surface area contributed by atoms with E-state index in [1.54, 1.807) is 27.7 Å². The maximum atomic E-state index is 10.5. The van der Waals surface area contributed by atoms with Crippen molar-refractivity contribution in [3.8, 4) is 11.1 Å². The van der Waals surface area contributed by atoms with Crippen molar-refractivity contribution in [2.24, 2.45) is 0 Å². The Morgan fingerprint density at radius 2 is 1.41 bits per heavy atom. The molecule has 0 unspecified atom stereocenters. The van der Waals surface area contributed by atoms with Crippen LogP contribution in [0.25, 0.3) is 11.1 Å². The van der Waals surface area contributed by atoms with Crippen molar-refractivity contribution in [2.45, 2.75) is 38.9 Å². The zero-order valence-corrected chi connectivity index (χ0v) is 13.6. The lowest BCUT2D eigenvalue weighted by molar-refractivity contribution is -0.0982. The van der Waals surface area contributed by atoms with E-state index in [4.69, 9.17) is 4.65 Å². The van der Waals surface area contributed by atoms with Crippen LogP contribution in [-0.2, 0) is 4.65 Å². The summed E-state index contributed by atoms with van der Waals surface area (Å²) in [5, 5.41) is 20.7. The number of benzene rings is 2. The van der Waals surface area contributed by atoms with Gasteiger partial charge in [0.05, 0.1) is 11.2 Å². The molecule has 2 N–H and O–H groups in total. The van der Waals surface area contributed by atoms with Gasteiger partial charge in [-0.05, 0) is 44.3 Å². The summed E-state index contributed by atoms with van der Waals surface area (Å²) in [6.07, 6.45) is 0. The Hall–Kier alpha value is -1.62. The molecule has 2 aromatic rings. The summed E-state index contributed by atoms with van der Waals surface area (Å²) in [4.78, 5) is 0. The molecule has 0 atom stereocenters. The molecule has 0 spiro atoms. The van der Waals surface area contributed by atoms with Gasteiger partial charge in [0.2, 0.25) is 0 Å². The Morgan fingerprint density at radius 3 is 2.00 bits per heavy atom. The molecule has 116 valence electrons. The molecule has 2 rings (SSSR count). The van der Waals surface area contributed by atoms with E-state index >= 15 is 0 Å². The van der Waals surface area contributed by atoms with Gasteiger partial charge in [-0.1, -0.05) is 54.6 Å². The van der Waals surface area contributed by atoms with Gasteiger partial charge in [0, 0.05) is 0 Å². The van der Waals surface area contributed by atoms with E-state index in [2.05, 4.69) is 0 Å². The Bertz CT molecular complexity index is 618. The molecule has 0 aromatic heterocycles. The first-order chi connectivity index (χ1) is 10.2. The van der Waals surface area contributed by atoms with Crippen LogP contribution in [0.5, 0.6) is 0 Å². The second kappa shape index (κ2) is 6.25. The van der Waals surface area contributed by atoms with Crippen molar-refractivity contribution in [1.82, 2.24) is 0 Å². The van der Waals surface area contributed by atoms with E-state index in [9.17, 15) is 10.1 Å². The summed E-state index contributed by atoms with van der Waals surface area (Å²) in [5.74, 6) is 0. The average Bonchev–Trinajstić information content (AvgIpc) is 2.46. The number of hydrogen-bond donors (Lipinski definition) is 2. The minimum atomic E-state index is -1.11. The van der Waals surface area contributed by atoms with Crippen molar-refractivity contribution < 1.29 is 14.8 Å². The molecule has 0 radical (unpaired) electrons. The van der Waals surface area contributed by atoms with Crippen molar-refractivity contribution in [3.63, 3.8) is 0 Å². The molecule has 0 aliphatic rings. The lowest BCUT2D eigenvalue weighted by Gasteiger charge is -2.38. The van der Waals surface area contributed by atoms with Crippen molar-refractivity contribution >= 4 is 12.6 Å². The summed E-state index contributed by atoms with van der Waals surface area (Å²) in [7, 11) is -1.11. The van der Waals surface area contributed by atoms with Crippen LogP contribution >= 0.6 is 0 Å². The summed E-state index contributed by atoms with van der Waals surface area (Å²) < 4.78 is 5.76. The molecule has 22 heavy (non-hydrogen) atoms. The van der Waals surface area contributed by atoms with Crippen molar-refractivity contribution in [1.29, 1.82) is 0 Å². The molecule has 0 fully saturated rings. The predicted molar refractivity (Wildman–Crippen MR) is 90.9 cm³/mol. The highest BCUT2D eigenvalue weighted by Gasteiger charge is 2.40. The van der Waals surface area contributed by atoms with Gasteiger partial charge in [0.25, 0.3) is 0 Å². The highest BCUT2D eigenvalue weighted by atomic mass is 16.5. The van der Waals surface area contributed by atoms with Gasteiger partial charge >= 0.3 is 7.12 Å². The third-order valence-electron chi connectivity index (χ3n) is 4.19. The number of hydrogen-bond acceptors (Lipinski definition) is 3. The largest absolute Gasteiger partial charge is 0.492 e. The van der Waals surface area contributed by atoms with Crippen LogP contribution in [0.4, 0.5) is 0 Å². The molecule has 0 aliphatic carbocycles. The molecular weight excluding hydrogens is 275 g/mol. The van der Waals surface area contributed by atoms with Gasteiger partial charge < -0.3 is 14.8 Å². The van der Waals surface area contributed by atoms with Gasteiger partial charge in [-0.2, -0.15) is 0 Å². The fourth-order valence-corrected chi connectivity index (χ4v) is 2.08. The molecule has 2 aromatic carbocycles. The van der Waals surface area contributed by atoms with E-state index in [1.807, 2.05) is 54.6 Å². The van der Waals surface area contributed by atoms with Crippen LogP contribution in [0.15, 0.2) is 54.6 Å². The second-order valence-electron chi connectivity index (χ2n) is 6.49. The monoisotopic (exact) mass is 298 g/mol. The molecule has 4 heteroatoms. The first-order valence-electron chi connectivity index (χ1n) is 7.45. The predicted octanol–water partition coefficient (Wildman–Crippen LogP) is 2.61. The quantitative estimate of drug-likeness (QED) is 0.834. The Labute approximate surface area is 132 Å². The smallest absolute Gasteiger partial charge is 0.423 e. The van der Waals surface area contributed by atoms with E-state index in [0.29, 0.717) is 5.46 Å². The lowest BCUT2D eigenvalue weighted by Crippen LogP contribution is -2.53. The first-order valence-corrected chi connectivity index (χ1v) is 7.45. The van der Waals surface area contributed by atoms with Crippen molar-refractivity contribution in [2.75, 3.05) is 0 Å². The molecule has 0 saturated carbocycles. The fourth-order valence-electron chi connectivity index (χ4n) is 2.08. The van der Waals surface area contributed by atoms with Crippen molar-refractivity contribution in [3.05, 3.63) is 54.6 Å². The average molecular weight is 298 g/mol. The molecular formula is C18H23BO3. The highest BCUT2D eigenvalue weighted by molar-refractivity contribution is 6.62. The highest BCUT2D eigenvalue weighted by Crippen LogP contribution is 2.26. The van der Waals surface area contributed by atoms with Crippen LogP contribution < -0.4 is 5.46 Å². The van der Waals surface area contributed by atoms with Gasteiger partial charge in [-0.25, -0.2) is 0 Å². The Balaban J connectivity index is 2.34. The van der Waals surface area contributed by atoms with E-state index in [1.165, 1.54) is 0 Å². The molecule has 0 heterocycles. The topological polar surface area (TPSA) is 49.7 Å². The molecule has 0 saturated heterocycles. The van der Waals surface area contributed by atoms with Crippen LogP contribution in [0, 0.1) is 0 Å². The lowest BCUT2D eigenvalue weighted by atomic mass is 9.73. The summed E-state index contributed by atoms with van der Waals surface area (Å²) in [5.41, 5.74) is 0.654. The number of rotatable bonds is 5. The van der Waals surface area contributed by atoms with Crippen LogP contribution in [-0.4, -0.2) is 28.5 Å². The Morgan fingerprint density at radius 1 is 0.864 bits per heavy atom. The SMILES string of the molecule is CC(C)(O)C(C)(C)OB(O)c1ccccc1-c1ccccc1. The maximum absolute atomic E-state index is 10.5. The third-order valence-corrected chi connectivity index (χ3v) is 4.19. The number of aliphatic hydroxyl groups is 1. The minimum absolute atomic E-state index is 0.686. The zero-order valence-electron chi connectivity index (χ0n) is 13.6. The minimum Gasteiger partial charge on any atom is -0.423 e. The van der Waals surface area contributed by atoms with Gasteiger partial charge in [-0.15, -0.1) is 0 Å². The van der Waals surface area contributed by atoms with Gasteiger partial charge in [-0.3, -0.25) is 0 Å². The van der Waals surface area contributed by atoms with Crippen LogP contribution in [0.2, 0.25) is 0 Å². The van der Waals surface area contributed by atoms with E-state index < -0.39 is 18.3 Å². The normalized spacial score (nSPS) is 12.3. The van der Waals surface area contributed by atoms with E-state index in [0.717, 1.165) is 11.1 Å². The third kappa shape index (κ3) is 3.58. The second-order valence-corrected chi connectivity index (χ2v) is 6.49. The zero-order chi connectivity index (χ0) is 16.4. The summed E-state index contributed by atoms with van der Waals surface area (Å²) in [6.45, 7) is 6.87. The molecule has 0 bridgehead atoms. The molecule has 3 nitrogen and oxygen atoms in total.